The van der Waals surface area contributed by atoms with Crippen molar-refractivity contribution in [2.45, 2.75) is 123 Å². The topological polar surface area (TPSA) is 127 Å². The van der Waals surface area contributed by atoms with Crippen LogP contribution in [-0.2, 0) is 9.53 Å². The van der Waals surface area contributed by atoms with E-state index in [1.807, 2.05) is 6.92 Å². The van der Waals surface area contributed by atoms with Crippen molar-refractivity contribution in [2.24, 2.45) is 51.8 Å². The first-order chi connectivity index (χ1) is 18.2. The largest absolute Gasteiger partial charge is 0.481 e. The minimum absolute atomic E-state index is 0.00956. The van der Waals surface area contributed by atoms with Crippen LogP contribution in [0, 0.1) is 51.8 Å². The van der Waals surface area contributed by atoms with Crippen LogP contribution in [0.25, 0.3) is 0 Å². The van der Waals surface area contributed by atoms with E-state index in [9.17, 15) is 30.3 Å². The first kappa shape index (κ1) is 29.5. The molecule has 0 amide bonds. The molecule has 4 saturated carbocycles. The van der Waals surface area contributed by atoms with E-state index in [-0.39, 0.29) is 29.3 Å². The van der Waals surface area contributed by atoms with Crippen LogP contribution < -0.4 is 0 Å². The van der Waals surface area contributed by atoms with Gasteiger partial charge in [-0.3, -0.25) is 4.79 Å². The molecular weight excluding hydrogens is 496 g/mol. The number of aliphatic carboxylic acids is 1. The van der Waals surface area contributed by atoms with Crippen LogP contribution in [0.3, 0.4) is 0 Å². The summed E-state index contributed by atoms with van der Waals surface area (Å²) in [5, 5.41) is 52.6. The molecule has 0 aliphatic heterocycles. The first-order valence-corrected chi connectivity index (χ1v) is 15.5. The Morgan fingerprint density at radius 1 is 0.974 bits per heavy atom. The Morgan fingerprint density at radius 3 is 2.28 bits per heavy atom. The molecule has 7 heteroatoms. The van der Waals surface area contributed by atoms with Crippen molar-refractivity contribution in [1.82, 2.24) is 0 Å². The average molecular weight is 549 g/mol. The van der Waals surface area contributed by atoms with E-state index in [4.69, 9.17) is 4.74 Å². The molecular formula is C32H52O7. The van der Waals surface area contributed by atoms with Crippen LogP contribution in [0.4, 0.5) is 0 Å². The second kappa shape index (κ2) is 10.1. The van der Waals surface area contributed by atoms with Gasteiger partial charge in [0.1, 0.15) is 6.10 Å². The zero-order valence-electron chi connectivity index (χ0n) is 24.6. The third-order valence-corrected chi connectivity index (χ3v) is 12.9. The molecule has 0 aromatic heterocycles. The van der Waals surface area contributed by atoms with Gasteiger partial charge >= 0.3 is 5.97 Å². The number of carbonyl (C=O) groups is 1. The molecule has 12 atom stereocenters. The van der Waals surface area contributed by atoms with Crippen LogP contribution in [0.5, 0.6) is 0 Å². The molecule has 222 valence electrons. The Hall–Kier alpha value is -0.990. The number of aliphatic hydroxyl groups excluding tert-OH is 2. The van der Waals surface area contributed by atoms with Gasteiger partial charge in [-0.15, -0.1) is 0 Å². The van der Waals surface area contributed by atoms with Gasteiger partial charge in [0.2, 0.25) is 0 Å². The summed E-state index contributed by atoms with van der Waals surface area (Å²) in [7, 11) is 0. The van der Waals surface area contributed by atoms with Gasteiger partial charge in [-0.1, -0.05) is 32.4 Å². The predicted molar refractivity (Wildman–Crippen MR) is 147 cm³/mol. The number of carboxylic acid groups (broad SMARTS) is 1. The Balaban J connectivity index is 1.45. The quantitative estimate of drug-likeness (QED) is 0.244. The van der Waals surface area contributed by atoms with Crippen LogP contribution in [0.15, 0.2) is 11.6 Å². The zero-order chi connectivity index (χ0) is 28.5. The third-order valence-electron chi connectivity index (χ3n) is 12.9. The Labute approximate surface area is 234 Å². The van der Waals surface area contributed by atoms with E-state index in [1.165, 1.54) is 5.57 Å². The molecule has 11 unspecified atom stereocenters. The third kappa shape index (κ3) is 4.45. The summed E-state index contributed by atoms with van der Waals surface area (Å²) in [6, 6.07) is 0. The highest BCUT2D eigenvalue weighted by Gasteiger charge is 2.66. The van der Waals surface area contributed by atoms with Gasteiger partial charge in [-0.05, 0) is 118 Å². The zero-order valence-corrected chi connectivity index (χ0v) is 24.6. The van der Waals surface area contributed by atoms with Crippen molar-refractivity contribution >= 4 is 5.97 Å². The van der Waals surface area contributed by atoms with Gasteiger partial charge in [0.05, 0.1) is 23.7 Å². The molecule has 5 aliphatic rings. The summed E-state index contributed by atoms with van der Waals surface area (Å²) >= 11 is 0. The number of aliphatic hydroxyl groups is 4. The van der Waals surface area contributed by atoms with Crippen molar-refractivity contribution in [2.75, 3.05) is 6.61 Å². The minimum atomic E-state index is -1.73. The lowest BCUT2D eigenvalue weighted by molar-refractivity contribution is -0.255. The lowest BCUT2D eigenvalue weighted by Crippen LogP contribution is -2.65. The number of hydrogen-bond acceptors (Lipinski definition) is 6. The molecule has 0 radical (unpaired) electrons. The number of carboxylic acids is 1. The SMILES string of the molecule is CC(O)COC(C(O)O)C1CCC2(C)C3CC=C4C5CC(C)CCC5(C(=O)O)CCC4C3(C)CCC2[C@]1(C)O. The van der Waals surface area contributed by atoms with Gasteiger partial charge < -0.3 is 30.3 Å². The van der Waals surface area contributed by atoms with Crippen molar-refractivity contribution in [3.05, 3.63) is 11.6 Å². The van der Waals surface area contributed by atoms with Crippen LogP contribution in [0.1, 0.15) is 98.8 Å². The van der Waals surface area contributed by atoms with Crippen molar-refractivity contribution in [3.8, 4) is 0 Å². The summed E-state index contributed by atoms with van der Waals surface area (Å²) in [5.74, 6) is 0.400. The van der Waals surface area contributed by atoms with Crippen molar-refractivity contribution < 1.29 is 35.1 Å². The summed E-state index contributed by atoms with van der Waals surface area (Å²) in [6.07, 6.45) is 7.72. The summed E-state index contributed by atoms with van der Waals surface area (Å²) in [5.41, 5.74) is -0.387. The van der Waals surface area contributed by atoms with Crippen molar-refractivity contribution in [3.63, 3.8) is 0 Å². The smallest absolute Gasteiger partial charge is 0.310 e. The number of rotatable bonds is 6. The molecule has 0 heterocycles. The Bertz CT molecular complexity index is 974. The normalized spacial score (nSPS) is 49.1. The summed E-state index contributed by atoms with van der Waals surface area (Å²) in [6.45, 7) is 10.5. The molecule has 0 aromatic carbocycles. The highest BCUT2D eigenvalue weighted by Crippen LogP contribution is 2.71. The Morgan fingerprint density at radius 2 is 1.64 bits per heavy atom. The molecule has 0 spiro atoms. The second-order valence-electron chi connectivity index (χ2n) is 15.0. The van der Waals surface area contributed by atoms with Gasteiger partial charge in [-0.2, -0.15) is 0 Å². The van der Waals surface area contributed by atoms with E-state index < -0.39 is 41.4 Å². The molecule has 5 aliphatic carbocycles. The molecule has 5 rings (SSSR count). The van der Waals surface area contributed by atoms with E-state index in [2.05, 4.69) is 26.8 Å². The number of ether oxygens (including phenoxy) is 1. The summed E-state index contributed by atoms with van der Waals surface area (Å²) in [4.78, 5) is 12.7. The maximum atomic E-state index is 12.7. The van der Waals surface area contributed by atoms with Crippen LogP contribution in [0.2, 0.25) is 0 Å². The van der Waals surface area contributed by atoms with Crippen LogP contribution >= 0.6 is 0 Å². The van der Waals surface area contributed by atoms with Crippen molar-refractivity contribution in [1.29, 1.82) is 0 Å². The molecule has 0 saturated heterocycles. The van der Waals surface area contributed by atoms with E-state index >= 15 is 0 Å². The molecule has 5 N–H and O–H groups in total. The minimum Gasteiger partial charge on any atom is -0.481 e. The number of fused-ring (bicyclic) bond motifs is 7. The van der Waals surface area contributed by atoms with Gasteiger partial charge in [-0.25, -0.2) is 0 Å². The van der Waals surface area contributed by atoms with Gasteiger partial charge in [0.25, 0.3) is 0 Å². The molecule has 0 aromatic rings. The fourth-order valence-electron chi connectivity index (χ4n) is 11.0. The highest BCUT2D eigenvalue weighted by molar-refractivity contribution is 5.76. The van der Waals surface area contributed by atoms with E-state index in [0.29, 0.717) is 24.2 Å². The lowest BCUT2D eigenvalue weighted by atomic mass is 9.37. The fourth-order valence-corrected chi connectivity index (χ4v) is 11.0. The first-order valence-electron chi connectivity index (χ1n) is 15.5. The van der Waals surface area contributed by atoms with E-state index in [0.717, 1.165) is 57.8 Å². The lowest BCUT2D eigenvalue weighted by Gasteiger charge is -2.68. The van der Waals surface area contributed by atoms with Gasteiger partial charge in [0, 0.05) is 5.92 Å². The average Bonchev–Trinajstić information content (AvgIpc) is 2.84. The van der Waals surface area contributed by atoms with E-state index in [1.54, 1.807) is 6.92 Å². The molecule has 0 bridgehead atoms. The van der Waals surface area contributed by atoms with Gasteiger partial charge in [0.15, 0.2) is 6.29 Å². The number of hydrogen-bond donors (Lipinski definition) is 5. The molecule has 7 nitrogen and oxygen atoms in total. The van der Waals surface area contributed by atoms with Crippen LogP contribution in [-0.4, -0.2) is 62.2 Å². The summed E-state index contributed by atoms with van der Waals surface area (Å²) < 4.78 is 5.77. The molecule has 4 fully saturated rings. The fraction of sp³-hybridized carbons (Fsp3) is 0.906. The highest BCUT2D eigenvalue weighted by atomic mass is 16.6. The Kier molecular flexibility index (Phi) is 7.62. The molecule has 39 heavy (non-hydrogen) atoms. The second-order valence-corrected chi connectivity index (χ2v) is 15.0. The number of allylic oxidation sites excluding steroid dienone is 2. The monoisotopic (exact) mass is 548 g/mol. The maximum Gasteiger partial charge on any atom is 0.310 e. The standard InChI is InChI=1S/C32H52O7/c1-18-8-14-32(28(36)37)15-10-21-20(23(32)16-18)6-7-24-29(21,3)13-11-25-30(24,4)12-9-22(31(25,5)38)26(27(34)35)39-17-19(2)33/h6,18-19,21-27,33-35,38H,7-17H2,1-5H3,(H,36,37)/t18?,19?,21?,22?,23?,24?,25?,26?,29?,30?,31-,32?/m1/s1. The predicted octanol–water partition coefficient (Wildman–Crippen LogP) is 4.51. The maximum absolute atomic E-state index is 12.7.